The van der Waals surface area contributed by atoms with Gasteiger partial charge < -0.3 is 14.2 Å². The third kappa shape index (κ3) is 3.18. The number of carbonyl (C=O) groups is 1. The molecule has 3 aromatic rings. The molecular weight excluding hydrogens is 325 g/mol. The lowest BCUT2D eigenvalue weighted by Crippen LogP contribution is -2.21. The van der Waals surface area contributed by atoms with Crippen molar-refractivity contribution in [2.75, 3.05) is 0 Å². The molecule has 3 rings (SSSR count). The number of hydrogen-bond donors (Lipinski definition) is 1. The molecule has 0 fully saturated rings. The smallest absolute Gasteiger partial charge is 0.287 e. The molecule has 112 valence electrons. The van der Waals surface area contributed by atoms with Gasteiger partial charge in [0.1, 0.15) is 11.5 Å². The summed E-state index contributed by atoms with van der Waals surface area (Å²) in [4.78, 5) is 12.0. The summed E-state index contributed by atoms with van der Waals surface area (Å²) in [5.74, 6) is 1.01. The monoisotopic (exact) mass is 335 g/mol. The molecule has 0 saturated heterocycles. The maximum Gasteiger partial charge on any atom is 0.287 e. The van der Waals surface area contributed by atoms with E-state index in [1.165, 1.54) is 0 Å². The van der Waals surface area contributed by atoms with Crippen molar-refractivity contribution in [1.29, 1.82) is 0 Å². The van der Waals surface area contributed by atoms with E-state index in [1.54, 1.807) is 48.7 Å². The quantitative estimate of drug-likeness (QED) is 0.746. The number of nitrogens with one attached hydrogen (secondary N) is 1. The predicted molar refractivity (Wildman–Crippen MR) is 84.0 cm³/mol. The third-order valence-corrected chi connectivity index (χ3v) is 3.59. The maximum absolute atomic E-state index is 12.0. The summed E-state index contributed by atoms with van der Waals surface area (Å²) in [6.07, 6.45) is 1.55. The van der Waals surface area contributed by atoms with E-state index in [-0.39, 0.29) is 11.7 Å². The van der Waals surface area contributed by atoms with Crippen molar-refractivity contribution >= 4 is 29.1 Å². The van der Waals surface area contributed by atoms with Crippen LogP contribution in [0, 0.1) is 0 Å². The van der Waals surface area contributed by atoms with Crippen LogP contribution < -0.4 is 5.32 Å². The molecule has 2 heterocycles. The second kappa shape index (κ2) is 6.30. The fraction of sp³-hybridized carbons (Fsp3) is 0.0625. The van der Waals surface area contributed by atoms with E-state index in [9.17, 15) is 4.79 Å². The number of rotatable bonds is 4. The van der Waals surface area contributed by atoms with Gasteiger partial charge in [-0.2, -0.15) is 0 Å². The second-order valence-corrected chi connectivity index (χ2v) is 5.39. The minimum absolute atomic E-state index is 0.192. The topological polar surface area (TPSA) is 55.4 Å². The number of amides is 1. The molecule has 0 aliphatic carbocycles. The Morgan fingerprint density at radius 1 is 1.14 bits per heavy atom. The second-order valence-electron chi connectivity index (χ2n) is 4.55. The minimum atomic E-state index is -0.333. The Kier molecular flexibility index (Phi) is 4.22. The molecule has 1 amide bonds. The van der Waals surface area contributed by atoms with Gasteiger partial charge in [0.25, 0.3) is 5.91 Å². The molecule has 1 N–H and O–H groups in total. The van der Waals surface area contributed by atoms with E-state index < -0.39 is 0 Å². The van der Waals surface area contributed by atoms with E-state index in [1.807, 2.05) is 0 Å². The predicted octanol–water partition coefficient (Wildman–Crippen LogP) is 4.78. The van der Waals surface area contributed by atoms with Gasteiger partial charge in [-0.1, -0.05) is 23.2 Å². The normalized spacial score (nSPS) is 10.6. The first kappa shape index (κ1) is 14.8. The molecule has 0 radical (unpaired) electrons. The molecular formula is C16H11Cl2NO3. The van der Waals surface area contributed by atoms with Gasteiger partial charge in [0.2, 0.25) is 0 Å². The van der Waals surface area contributed by atoms with Crippen molar-refractivity contribution in [1.82, 2.24) is 5.32 Å². The standard InChI is InChI=1S/C16H11Cl2NO3/c17-10-3-4-13(18)12(8-10)14-5-6-15(22-14)16(20)19-9-11-2-1-7-21-11/h1-8H,9H2,(H,19,20). The summed E-state index contributed by atoms with van der Waals surface area (Å²) in [6, 6.07) is 11.9. The maximum atomic E-state index is 12.0. The molecule has 0 aliphatic rings. The molecule has 0 saturated carbocycles. The number of furan rings is 2. The van der Waals surface area contributed by atoms with Crippen molar-refractivity contribution in [2.24, 2.45) is 0 Å². The van der Waals surface area contributed by atoms with Crippen LogP contribution in [0.2, 0.25) is 10.0 Å². The summed E-state index contributed by atoms with van der Waals surface area (Å²) in [5, 5.41) is 3.75. The van der Waals surface area contributed by atoms with E-state index in [4.69, 9.17) is 32.0 Å². The van der Waals surface area contributed by atoms with Crippen LogP contribution >= 0.6 is 23.2 Å². The molecule has 0 bridgehead atoms. The first-order valence-corrected chi connectivity index (χ1v) is 7.25. The van der Waals surface area contributed by atoms with Gasteiger partial charge in [-0.3, -0.25) is 4.79 Å². The number of halogens is 2. The van der Waals surface area contributed by atoms with E-state index in [0.717, 1.165) is 0 Å². The Morgan fingerprint density at radius 2 is 2.00 bits per heavy atom. The molecule has 0 unspecified atom stereocenters. The Labute approximate surface area is 136 Å². The SMILES string of the molecule is O=C(NCc1ccco1)c1ccc(-c2cc(Cl)ccc2Cl)o1. The number of benzene rings is 1. The van der Waals surface area contributed by atoms with Crippen LogP contribution in [-0.4, -0.2) is 5.91 Å². The van der Waals surface area contributed by atoms with Crippen LogP contribution in [0.1, 0.15) is 16.3 Å². The highest BCUT2D eigenvalue weighted by molar-refractivity contribution is 6.35. The first-order chi connectivity index (χ1) is 10.6. The first-order valence-electron chi connectivity index (χ1n) is 6.49. The fourth-order valence-corrected chi connectivity index (χ4v) is 2.34. The Hall–Kier alpha value is -2.17. The van der Waals surface area contributed by atoms with Crippen molar-refractivity contribution < 1.29 is 13.6 Å². The summed E-state index contributed by atoms with van der Waals surface area (Å²) in [6.45, 7) is 0.291. The zero-order chi connectivity index (χ0) is 15.5. The highest BCUT2D eigenvalue weighted by atomic mass is 35.5. The lowest BCUT2D eigenvalue weighted by Gasteiger charge is -2.02. The van der Waals surface area contributed by atoms with Gasteiger partial charge >= 0.3 is 0 Å². The molecule has 0 spiro atoms. The van der Waals surface area contributed by atoms with Crippen molar-refractivity contribution in [3.63, 3.8) is 0 Å². The molecule has 22 heavy (non-hydrogen) atoms. The average Bonchev–Trinajstić information content (AvgIpc) is 3.18. The Bertz CT molecular complexity index is 794. The van der Waals surface area contributed by atoms with E-state index in [0.29, 0.717) is 33.7 Å². The molecule has 1 aromatic carbocycles. The van der Waals surface area contributed by atoms with Crippen molar-refractivity contribution in [2.45, 2.75) is 6.54 Å². The fourth-order valence-electron chi connectivity index (χ4n) is 1.96. The van der Waals surface area contributed by atoms with E-state index in [2.05, 4.69) is 5.32 Å². The minimum Gasteiger partial charge on any atom is -0.467 e. The van der Waals surface area contributed by atoms with Crippen molar-refractivity contribution in [3.8, 4) is 11.3 Å². The van der Waals surface area contributed by atoms with Crippen LogP contribution in [0.5, 0.6) is 0 Å². The Balaban J connectivity index is 1.75. The third-order valence-electron chi connectivity index (χ3n) is 3.03. The average molecular weight is 336 g/mol. The zero-order valence-corrected chi connectivity index (χ0v) is 12.8. The van der Waals surface area contributed by atoms with Gasteiger partial charge in [0.15, 0.2) is 5.76 Å². The zero-order valence-electron chi connectivity index (χ0n) is 11.3. The van der Waals surface area contributed by atoms with Gasteiger partial charge in [-0.25, -0.2) is 0 Å². The van der Waals surface area contributed by atoms with Gasteiger partial charge in [0.05, 0.1) is 17.8 Å². The van der Waals surface area contributed by atoms with Crippen LogP contribution in [0.4, 0.5) is 0 Å². The molecule has 0 atom stereocenters. The summed E-state index contributed by atoms with van der Waals surface area (Å²) in [7, 11) is 0. The van der Waals surface area contributed by atoms with Crippen LogP contribution in [-0.2, 0) is 6.54 Å². The van der Waals surface area contributed by atoms with Crippen LogP contribution in [0.25, 0.3) is 11.3 Å². The van der Waals surface area contributed by atoms with E-state index >= 15 is 0 Å². The highest BCUT2D eigenvalue weighted by Crippen LogP contribution is 2.31. The van der Waals surface area contributed by atoms with Crippen LogP contribution in [0.15, 0.2) is 57.6 Å². The Morgan fingerprint density at radius 3 is 2.77 bits per heavy atom. The summed E-state index contributed by atoms with van der Waals surface area (Å²) >= 11 is 12.1. The lowest BCUT2D eigenvalue weighted by atomic mass is 10.2. The van der Waals surface area contributed by atoms with Gasteiger partial charge in [-0.05, 0) is 42.5 Å². The van der Waals surface area contributed by atoms with Gasteiger partial charge in [0, 0.05) is 10.6 Å². The van der Waals surface area contributed by atoms with Crippen LogP contribution in [0.3, 0.4) is 0 Å². The number of carbonyl (C=O) groups excluding carboxylic acids is 1. The molecule has 2 aromatic heterocycles. The highest BCUT2D eigenvalue weighted by Gasteiger charge is 2.14. The summed E-state index contributed by atoms with van der Waals surface area (Å²) < 4.78 is 10.7. The lowest BCUT2D eigenvalue weighted by molar-refractivity contribution is 0.0921. The largest absolute Gasteiger partial charge is 0.467 e. The summed E-state index contributed by atoms with van der Waals surface area (Å²) in [5.41, 5.74) is 0.638. The molecule has 0 aliphatic heterocycles. The van der Waals surface area contributed by atoms with Gasteiger partial charge in [-0.15, -0.1) is 0 Å². The van der Waals surface area contributed by atoms with Crippen molar-refractivity contribution in [3.05, 3.63) is 70.3 Å². The molecule has 6 heteroatoms. The molecule has 4 nitrogen and oxygen atoms in total. The number of hydrogen-bond acceptors (Lipinski definition) is 3.